The summed E-state index contributed by atoms with van der Waals surface area (Å²) in [6.07, 6.45) is 0. The van der Waals surface area contributed by atoms with Crippen LogP contribution in [-0.4, -0.2) is 19.5 Å². The van der Waals surface area contributed by atoms with Crippen molar-refractivity contribution < 1.29 is 0 Å². The van der Waals surface area contributed by atoms with Gasteiger partial charge in [0.15, 0.2) is 17.5 Å². The summed E-state index contributed by atoms with van der Waals surface area (Å²) in [5.41, 5.74) is 11.7. The standard InChI is InChI=1S/C61H42N6/c1-7-24-44(25-8-1)59-62-60(45-26-9-2-10-27-45)64-61(63-59)46-41-55(65(47-28-11-3-12-29-47)48-30-13-4-14-31-48)58(56(42-46)66(49-32-15-5-16-33-49)50-34-17-6-18-35-50)67-54-38-22-21-37-52(54)53-40-39-43-23-19-20-36-51(43)57(53)67/h1-42H. The summed E-state index contributed by atoms with van der Waals surface area (Å²) >= 11 is 0. The van der Waals surface area contributed by atoms with Crippen molar-refractivity contribution >= 4 is 66.7 Å². The number of para-hydroxylation sites is 5. The van der Waals surface area contributed by atoms with Gasteiger partial charge in [-0.2, -0.15) is 0 Å². The predicted octanol–water partition coefficient (Wildman–Crippen LogP) is 16.1. The lowest BCUT2D eigenvalue weighted by atomic mass is 10.0. The van der Waals surface area contributed by atoms with Gasteiger partial charge in [0.05, 0.1) is 28.1 Å². The first-order valence-electron chi connectivity index (χ1n) is 22.5. The van der Waals surface area contributed by atoms with Gasteiger partial charge in [0.25, 0.3) is 0 Å². The van der Waals surface area contributed by atoms with Crippen molar-refractivity contribution in [2.24, 2.45) is 0 Å². The fraction of sp³-hybridized carbons (Fsp3) is 0. The Morgan fingerprint density at radius 1 is 0.299 bits per heavy atom. The van der Waals surface area contributed by atoms with Crippen molar-refractivity contribution in [2.75, 3.05) is 9.80 Å². The van der Waals surface area contributed by atoms with E-state index in [2.05, 4.69) is 233 Å². The molecule has 0 radical (unpaired) electrons. The molecule has 12 rings (SSSR count). The lowest BCUT2D eigenvalue weighted by molar-refractivity contribution is 1.07. The molecule has 12 aromatic rings. The van der Waals surface area contributed by atoms with Gasteiger partial charge < -0.3 is 14.4 Å². The summed E-state index contributed by atoms with van der Waals surface area (Å²) in [7, 11) is 0. The van der Waals surface area contributed by atoms with Gasteiger partial charge in [0.2, 0.25) is 0 Å². The second-order valence-electron chi connectivity index (χ2n) is 16.4. The van der Waals surface area contributed by atoms with Crippen LogP contribution in [0.2, 0.25) is 0 Å². The maximum Gasteiger partial charge on any atom is 0.164 e. The van der Waals surface area contributed by atoms with E-state index in [4.69, 9.17) is 15.0 Å². The molecule has 2 heterocycles. The van der Waals surface area contributed by atoms with Crippen LogP contribution in [0.15, 0.2) is 255 Å². The molecule has 6 heteroatoms. The molecule has 0 aliphatic rings. The van der Waals surface area contributed by atoms with Crippen molar-refractivity contribution in [2.45, 2.75) is 0 Å². The minimum absolute atomic E-state index is 0.552. The third kappa shape index (κ3) is 7.23. The molecule has 0 fully saturated rings. The molecule has 0 saturated carbocycles. The van der Waals surface area contributed by atoms with Crippen molar-refractivity contribution in [3.05, 3.63) is 255 Å². The Morgan fingerprint density at radius 2 is 0.672 bits per heavy atom. The van der Waals surface area contributed by atoms with Gasteiger partial charge in [-0.3, -0.25) is 0 Å². The summed E-state index contributed by atoms with van der Waals surface area (Å²) < 4.78 is 2.50. The number of nitrogens with zero attached hydrogens (tertiary/aromatic N) is 6. The molecule has 0 amide bonds. The molecular formula is C61H42N6. The van der Waals surface area contributed by atoms with Crippen molar-refractivity contribution in [3.63, 3.8) is 0 Å². The number of hydrogen-bond acceptors (Lipinski definition) is 5. The van der Waals surface area contributed by atoms with E-state index in [-0.39, 0.29) is 0 Å². The lowest BCUT2D eigenvalue weighted by Crippen LogP contribution is -2.18. The van der Waals surface area contributed by atoms with E-state index in [1.807, 2.05) is 36.4 Å². The summed E-state index contributed by atoms with van der Waals surface area (Å²) in [5.74, 6) is 1.74. The number of hydrogen-bond donors (Lipinski definition) is 0. The van der Waals surface area contributed by atoms with Crippen LogP contribution in [0.3, 0.4) is 0 Å². The summed E-state index contributed by atoms with van der Waals surface area (Å²) in [5, 5.41) is 4.66. The third-order valence-corrected chi connectivity index (χ3v) is 12.3. The number of anilines is 6. The zero-order chi connectivity index (χ0) is 44.5. The van der Waals surface area contributed by atoms with E-state index >= 15 is 0 Å². The van der Waals surface area contributed by atoms with E-state index in [1.165, 1.54) is 10.8 Å². The zero-order valence-corrected chi connectivity index (χ0v) is 36.4. The number of rotatable bonds is 10. The first kappa shape index (κ1) is 39.5. The Balaban J connectivity index is 1.30. The second kappa shape index (κ2) is 17.1. The Hall–Kier alpha value is -9.13. The van der Waals surface area contributed by atoms with Crippen molar-refractivity contribution in [1.29, 1.82) is 0 Å². The third-order valence-electron chi connectivity index (χ3n) is 12.3. The Bertz CT molecular complexity index is 3430. The van der Waals surface area contributed by atoms with Gasteiger partial charge in [0, 0.05) is 55.6 Å². The van der Waals surface area contributed by atoms with Gasteiger partial charge in [0.1, 0.15) is 0 Å². The van der Waals surface area contributed by atoms with Crippen molar-refractivity contribution in [1.82, 2.24) is 19.5 Å². The maximum atomic E-state index is 5.36. The average Bonchev–Trinajstić information content (AvgIpc) is 3.75. The van der Waals surface area contributed by atoms with E-state index in [9.17, 15) is 0 Å². The molecule has 0 N–H and O–H groups in total. The van der Waals surface area contributed by atoms with Crippen LogP contribution in [0.25, 0.3) is 72.4 Å². The molecule has 67 heavy (non-hydrogen) atoms. The Labute approximate surface area is 389 Å². The summed E-state index contributed by atoms with van der Waals surface area (Å²) in [6.45, 7) is 0. The lowest BCUT2D eigenvalue weighted by Gasteiger charge is -2.34. The molecule has 0 aliphatic heterocycles. The van der Waals surface area contributed by atoms with Crippen LogP contribution in [0, 0.1) is 0 Å². The van der Waals surface area contributed by atoms with Crippen LogP contribution in [-0.2, 0) is 0 Å². The van der Waals surface area contributed by atoms with Gasteiger partial charge in [-0.1, -0.05) is 188 Å². The minimum Gasteiger partial charge on any atom is -0.308 e. The molecule has 0 unspecified atom stereocenters. The molecule has 6 nitrogen and oxygen atoms in total. The Kier molecular flexibility index (Phi) is 10.1. The minimum atomic E-state index is 0.552. The normalized spacial score (nSPS) is 11.3. The number of fused-ring (bicyclic) bond motifs is 5. The zero-order valence-electron chi connectivity index (χ0n) is 36.4. The average molecular weight is 859 g/mol. The molecule has 316 valence electrons. The second-order valence-corrected chi connectivity index (χ2v) is 16.4. The molecule has 0 atom stereocenters. The SMILES string of the molecule is c1ccc(-c2nc(-c3ccccc3)nc(-c3cc(N(c4ccccc4)c4ccccc4)c(-n4c5ccccc5c5ccc6ccccc6c54)c(N(c4ccccc4)c4ccccc4)c3)n2)cc1. The first-order valence-corrected chi connectivity index (χ1v) is 22.5. The van der Waals surface area contributed by atoms with Crippen LogP contribution < -0.4 is 9.80 Å². The largest absolute Gasteiger partial charge is 0.308 e. The van der Waals surface area contributed by atoms with Gasteiger partial charge in [-0.15, -0.1) is 0 Å². The van der Waals surface area contributed by atoms with Gasteiger partial charge in [-0.05, 0) is 72.1 Å². The van der Waals surface area contributed by atoms with Crippen LogP contribution in [0.4, 0.5) is 34.1 Å². The highest BCUT2D eigenvalue weighted by molar-refractivity contribution is 6.19. The van der Waals surface area contributed by atoms with E-state index < -0.39 is 0 Å². The molecule has 0 saturated heterocycles. The molecular weight excluding hydrogens is 817 g/mol. The van der Waals surface area contributed by atoms with E-state index in [0.717, 1.165) is 78.3 Å². The number of benzene rings is 10. The highest BCUT2D eigenvalue weighted by Gasteiger charge is 2.29. The van der Waals surface area contributed by atoms with Crippen LogP contribution in [0.1, 0.15) is 0 Å². The quantitative estimate of drug-likeness (QED) is 0.137. The van der Waals surface area contributed by atoms with Gasteiger partial charge >= 0.3 is 0 Å². The summed E-state index contributed by atoms with van der Waals surface area (Å²) in [4.78, 5) is 20.6. The highest BCUT2D eigenvalue weighted by atomic mass is 15.2. The molecule has 0 bridgehead atoms. The molecule has 0 spiro atoms. The monoisotopic (exact) mass is 858 g/mol. The van der Waals surface area contributed by atoms with Crippen molar-refractivity contribution in [3.8, 4) is 39.9 Å². The highest BCUT2D eigenvalue weighted by Crippen LogP contribution is 2.51. The smallest absolute Gasteiger partial charge is 0.164 e. The number of aromatic nitrogens is 4. The topological polar surface area (TPSA) is 50.1 Å². The van der Waals surface area contributed by atoms with E-state index in [0.29, 0.717) is 17.5 Å². The fourth-order valence-corrected chi connectivity index (χ4v) is 9.37. The molecule has 0 aliphatic carbocycles. The van der Waals surface area contributed by atoms with Crippen LogP contribution >= 0.6 is 0 Å². The Morgan fingerprint density at radius 3 is 1.13 bits per heavy atom. The molecule has 10 aromatic carbocycles. The predicted molar refractivity (Wildman–Crippen MR) is 277 cm³/mol. The maximum absolute atomic E-state index is 5.36. The fourth-order valence-electron chi connectivity index (χ4n) is 9.37. The van der Waals surface area contributed by atoms with Gasteiger partial charge in [-0.25, -0.2) is 15.0 Å². The van der Waals surface area contributed by atoms with E-state index in [1.54, 1.807) is 0 Å². The summed E-state index contributed by atoms with van der Waals surface area (Å²) in [6, 6.07) is 89.5. The first-order chi connectivity index (χ1) is 33.3. The van der Waals surface area contributed by atoms with Crippen LogP contribution in [0.5, 0.6) is 0 Å². The molecule has 2 aromatic heterocycles.